The Morgan fingerprint density at radius 2 is 2.17 bits per heavy atom. The molecule has 3 rings (SSSR count). The Balaban J connectivity index is 1.89. The third-order valence-electron chi connectivity index (χ3n) is 5.75. The number of amides is 1. The quantitative estimate of drug-likeness (QED) is 0.236. The number of carbonyl (C=O) groups is 1. The highest BCUT2D eigenvalue weighted by Gasteiger charge is 2.25. The lowest BCUT2D eigenvalue weighted by Crippen LogP contribution is -2.37. The fraction of sp³-hybridized carbons (Fsp3) is 0.458. The van der Waals surface area contributed by atoms with Gasteiger partial charge in [-0.2, -0.15) is 5.26 Å². The molecule has 2 unspecified atom stereocenters. The summed E-state index contributed by atoms with van der Waals surface area (Å²) in [6.07, 6.45) is 5.30. The highest BCUT2D eigenvalue weighted by atomic mass is 79.9. The fourth-order valence-electron chi connectivity index (χ4n) is 3.96. The summed E-state index contributed by atoms with van der Waals surface area (Å²) in [7, 11) is 0. The predicted molar refractivity (Wildman–Crippen MR) is 143 cm³/mol. The number of hydrogen-bond donors (Lipinski definition) is 2. The molecule has 0 radical (unpaired) electrons. The van der Waals surface area contributed by atoms with Crippen molar-refractivity contribution >= 4 is 44.0 Å². The Morgan fingerprint density at radius 1 is 1.37 bits per heavy atom. The zero-order valence-electron chi connectivity index (χ0n) is 20.5. The van der Waals surface area contributed by atoms with Crippen LogP contribution in [-0.4, -0.2) is 50.6 Å². The van der Waals surface area contributed by atoms with Crippen LogP contribution in [-0.2, 0) is 11.2 Å². The molecular formula is C24H31BrN8OS. The number of hydrogen-bond acceptors (Lipinski definition) is 8. The lowest BCUT2D eigenvalue weighted by atomic mass is 10.0. The van der Waals surface area contributed by atoms with E-state index < -0.39 is 0 Å². The number of carbonyl (C=O) groups excluding carboxylic acids is 1. The van der Waals surface area contributed by atoms with Crippen LogP contribution in [0.4, 0.5) is 0 Å². The molecule has 0 spiro atoms. The van der Waals surface area contributed by atoms with Gasteiger partial charge in [-0.1, -0.05) is 34.2 Å². The van der Waals surface area contributed by atoms with Crippen LogP contribution in [0.25, 0.3) is 10.3 Å². The van der Waals surface area contributed by atoms with E-state index in [-0.39, 0.29) is 18.4 Å². The normalized spacial score (nSPS) is 13.6. The van der Waals surface area contributed by atoms with Crippen molar-refractivity contribution in [1.29, 1.82) is 5.26 Å². The van der Waals surface area contributed by atoms with Crippen molar-refractivity contribution in [1.82, 2.24) is 29.8 Å². The van der Waals surface area contributed by atoms with Crippen molar-refractivity contribution in [2.45, 2.75) is 52.5 Å². The van der Waals surface area contributed by atoms with Crippen molar-refractivity contribution in [2.24, 2.45) is 0 Å². The average Bonchev–Trinajstić information content (AvgIpc) is 3.40. The van der Waals surface area contributed by atoms with Crippen LogP contribution in [0.5, 0.6) is 0 Å². The Kier molecular flexibility index (Phi) is 9.77. The standard InChI is InChI=1S/C24H31BrN8OS/c1-5-19(23-30-20(8-9-26)14-33(23)28-15-34)13-32(11-10-27-12-16(2)25)17(3)21-6-7-22-24(31-21)35-18(4)29-22/h6-7,12,14-15,17,19,27H,5,8,10-11,13H2,1-4H3,(H,28,34)/b16-12-. The number of aryl methyl sites for hydroxylation is 1. The van der Waals surface area contributed by atoms with Crippen LogP contribution >= 0.6 is 27.3 Å². The SMILES string of the molecule is CCC(CN(CCN/C=C(/C)Br)C(C)c1ccc2nc(C)sc2n1)c1nc(CC#N)cn1NC=O. The summed E-state index contributed by atoms with van der Waals surface area (Å²) in [5.74, 6) is 0.785. The van der Waals surface area contributed by atoms with E-state index in [0.29, 0.717) is 18.6 Å². The minimum Gasteiger partial charge on any atom is -0.389 e. The number of fused-ring (bicyclic) bond motifs is 1. The van der Waals surface area contributed by atoms with Crippen LogP contribution in [0.1, 0.15) is 61.4 Å². The number of nitrogens with zero attached hydrogens (tertiary/aromatic N) is 6. The smallest absolute Gasteiger partial charge is 0.226 e. The molecule has 2 N–H and O–H groups in total. The van der Waals surface area contributed by atoms with Crippen molar-refractivity contribution in [3.8, 4) is 6.07 Å². The molecule has 0 aliphatic heterocycles. The molecule has 0 aliphatic rings. The second-order valence-corrected chi connectivity index (χ2v) is 10.7. The second-order valence-electron chi connectivity index (χ2n) is 8.30. The number of thiazole rings is 1. The van der Waals surface area contributed by atoms with E-state index in [2.05, 4.69) is 67.5 Å². The topological polar surface area (TPSA) is 112 Å². The van der Waals surface area contributed by atoms with E-state index >= 15 is 0 Å². The molecule has 35 heavy (non-hydrogen) atoms. The maximum absolute atomic E-state index is 11.2. The van der Waals surface area contributed by atoms with Gasteiger partial charge in [-0.15, -0.1) is 0 Å². The zero-order valence-corrected chi connectivity index (χ0v) is 22.9. The molecule has 0 saturated carbocycles. The first-order valence-electron chi connectivity index (χ1n) is 11.5. The molecule has 1 amide bonds. The number of allylic oxidation sites excluding steroid dienone is 1. The first-order valence-corrected chi connectivity index (χ1v) is 13.2. The maximum atomic E-state index is 11.2. The molecule has 9 nitrogen and oxygen atoms in total. The van der Waals surface area contributed by atoms with Crippen LogP contribution in [0.2, 0.25) is 0 Å². The zero-order chi connectivity index (χ0) is 25.4. The van der Waals surface area contributed by atoms with Crippen molar-refractivity contribution in [3.63, 3.8) is 0 Å². The van der Waals surface area contributed by atoms with E-state index in [9.17, 15) is 4.79 Å². The van der Waals surface area contributed by atoms with Gasteiger partial charge in [0.1, 0.15) is 16.2 Å². The molecule has 2 atom stereocenters. The van der Waals surface area contributed by atoms with E-state index in [4.69, 9.17) is 10.2 Å². The highest BCUT2D eigenvalue weighted by molar-refractivity contribution is 9.11. The van der Waals surface area contributed by atoms with Crippen LogP contribution in [0.3, 0.4) is 0 Å². The summed E-state index contributed by atoms with van der Waals surface area (Å²) < 4.78 is 2.67. The summed E-state index contributed by atoms with van der Waals surface area (Å²) in [6.45, 7) is 10.5. The number of imidazole rings is 1. The molecule has 0 aromatic carbocycles. The van der Waals surface area contributed by atoms with E-state index in [0.717, 1.165) is 50.9 Å². The van der Waals surface area contributed by atoms with Gasteiger partial charge in [-0.25, -0.2) is 19.6 Å². The maximum Gasteiger partial charge on any atom is 0.226 e. The number of aromatic nitrogens is 4. The van der Waals surface area contributed by atoms with Crippen molar-refractivity contribution < 1.29 is 4.79 Å². The highest BCUT2D eigenvalue weighted by Crippen LogP contribution is 2.28. The second kappa shape index (κ2) is 12.8. The van der Waals surface area contributed by atoms with Gasteiger partial charge in [-0.05, 0) is 39.3 Å². The van der Waals surface area contributed by atoms with Gasteiger partial charge in [-0.3, -0.25) is 15.1 Å². The van der Waals surface area contributed by atoms with Crippen molar-refractivity contribution in [2.75, 3.05) is 25.1 Å². The first-order chi connectivity index (χ1) is 16.9. The first kappa shape index (κ1) is 26.8. The van der Waals surface area contributed by atoms with Gasteiger partial charge >= 0.3 is 0 Å². The summed E-state index contributed by atoms with van der Waals surface area (Å²) in [6, 6.07) is 6.27. The monoisotopic (exact) mass is 558 g/mol. The molecule has 3 heterocycles. The van der Waals surface area contributed by atoms with Gasteiger partial charge < -0.3 is 5.32 Å². The number of nitrogens with one attached hydrogen (secondary N) is 2. The molecule has 3 aromatic rings. The van der Waals surface area contributed by atoms with Crippen LogP contribution < -0.4 is 10.7 Å². The summed E-state index contributed by atoms with van der Waals surface area (Å²) in [4.78, 5) is 28.6. The Bertz CT molecular complexity index is 1210. The number of pyridine rings is 1. The minimum absolute atomic E-state index is 0.0418. The van der Waals surface area contributed by atoms with Gasteiger partial charge in [0.25, 0.3) is 0 Å². The third-order valence-corrected chi connectivity index (χ3v) is 6.86. The summed E-state index contributed by atoms with van der Waals surface area (Å²) in [5, 5.41) is 13.5. The molecular weight excluding hydrogens is 528 g/mol. The van der Waals surface area contributed by atoms with E-state index in [1.807, 2.05) is 26.1 Å². The third kappa shape index (κ3) is 7.10. The molecule has 0 fully saturated rings. The molecule has 0 aliphatic carbocycles. The fourth-order valence-corrected chi connectivity index (χ4v) is 4.91. The van der Waals surface area contributed by atoms with Gasteiger partial charge in [0, 0.05) is 42.3 Å². The number of nitriles is 1. The molecule has 186 valence electrons. The average molecular weight is 560 g/mol. The lowest BCUT2D eigenvalue weighted by Gasteiger charge is -2.32. The van der Waals surface area contributed by atoms with Gasteiger partial charge in [0.2, 0.25) is 6.41 Å². The van der Waals surface area contributed by atoms with E-state index in [1.54, 1.807) is 22.2 Å². The molecule has 0 bridgehead atoms. The largest absolute Gasteiger partial charge is 0.389 e. The summed E-state index contributed by atoms with van der Waals surface area (Å²) in [5.41, 5.74) is 5.25. The Labute approximate surface area is 218 Å². The lowest BCUT2D eigenvalue weighted by molar-refractivity contribution is -0.106. The van der Waals surface area contributed by atoms with Crippen molar-refractivity contribution in [3.05, 3.63) is 51.2 Å². The Morgan fingerprint density at radius 3 is 2.86 bits per heavy atom. The van der Waals surface area contributed by atoms with Crippen LogP contribution in [0.15, 0.2) is 29.0 Å². The van der Waals surface area contributed by atoms with Gasteiger partial charge in [0.05, 0.1) is 35.1 Å². The Hall–Kier alpha value is -2.81. The summed E-state index contributed by atoms with van der Waals surface area (Å²) >= 11 is 5.06. The number of halogens is 1. The number of rotatable bonds is 13. The van der Waals surface area contributed by atoms with E-state index in [1.165, 1.54) is 0 Å². The van der Waals surface area contributed by atoms with Crippen LogP contribution in [0, 0.1) is 18.3 Å². The molecule has 0 saturated heterocycles. The molecule has 11 heteroatoms. The minimum atomic E-state index is 0.0418. The molecule has 3 aromatic heterocycles. The predicted octanol–water partition coefficient (Wildman–Crippen LogP) is 4.36. The van der Waals surface area contributed by atoms with Gasteiger partial charge in [0.15, 0.2) is 0 Å².